The molecule has 5 nitrogen and oxygen atoms in total. The first-order valence-corrected chi connectivity index (χ1v) is 6.87. The molecule has 0 saturated heterocycles. The predicted molar refractivity (Wildman–Crippen MR) is 83.6 cm³/mol. The molecule has 2 heterocycles. The highest BCUT2D eigenvalue weighted by molar-refractivity contribution is 7.71. The van der Waals surface area contributed by atoms with Crippen molar-refractivity contribution in [2.24, 2.45) is 0 Å². The lowest BCUT2D eigenvalue weighted by Gasteiger charge is -2.10. The number of ether oxygens (including phenoxy) is 2. The topological polar surface area (TPSA) is 52.1 Å². The first kappa shape index (κ1) is 13.6. The molecule has 1 aromatic carbocycles. The van der Waals surface area contributed by atoms with Crippen molar-refractivity contribution < 1.29 is 9.47 Å². The van der Waals surface area contributed by atoms with Crippen LogP contribution in [0, 0.1) is 4.77 Å². The van der Waals surface area contributed by atoms with Gasteiger partial charge < -0.3 is 19.0 Å². The SMILES string of the molecule is COc1ccc(Cn2c(=S)[nH]c3cnccc32)cc1OC. The molecular formula is C15H15N3O2S. The second-order valence-electron chi connectivity index (χ2n) is 4.60. The Balaban J connectivity index is 2.03. The molecular weight excluding hydrogens is 286 g/mol. The van der Waals surface area contributed by atoms with E-state index >= 15 is 0 Å². The first-order chi connectivity index (χ1) is 10.2. The van der Waals surface area contributed by atoms with Crippen molar-refractivity contribution >= 4 is 23.3 Å². The summed E-state index contributed by atoms with van der Waals surface area (Å²) in [5, 5.41) is 0. The van der Waals surface area contributed by atoms with E-state index in [1.165, 1.54) is 0 Å². The molecule has 2 aromatic heterocycles. The summed E-state index contributed by atoms with van der Waals surface area (Å²) in [6.45, 7) is 0.656. The van der Waals surface area contributed by atoms with Gasteiger partial charge in [-0.15, -0.1) is 0 Å². The molecule has 0 aliphatic carbocycles. The zero-order chi connectivity index (χ0) is 14.8. The highest BCUT2D eigenvalue weighted by Crippen LogP contribution is 2.28. The van der Waals surface area contributed by atoms with Crippen LogP contribution in [0.1, 0.15) is 5.56 Å². The van der Waals surface area contributed by atoms with Crippen molar-refractivity contribution in [1.29, 1.82) is 0 Å². The minimum absolute atomic E-state index is 0.656. The van der Waals surface area contributed by atoms with E-state index < -0.39 is 0 Å². The Morgan fingerprint density at radius 2 is 2.00 bits per heavy atom. The van der Waals surface area contributed by atoms with Crippen molar-refractivity contribution in [3.8, 4) is 11.5 Å². The van der Waals surface area contributed by atoms with Crippen LogP contribution in [0.5, 0.6) is 11.5 Å². The summed E-state index contributed by atoms with van der Waals surface area (Å²) in [6.07, 6.45) is 3.53. The van der Waals surface area contributed by atoms with E-state index in [0.717, 1.165) is 16.6 Å². The van der Waals surface area contributed by atoms with Gasteiger partial charge >= 0.3 is 0 Å². The van der Waals surface area contributed by atoms with Crippen LogP contribution < -0.4 is 9.47 Å². The van der Waals surface area contributed by atoms with Gasteiger partial charge in [0.05, 0.1) is 38.0 Å². The van der Waals surface area contributed by atoms with Crippen LogP contribution in [-0.4, -0.2) is 28.8 Å². The number of imidazole rings is 1. The van der Waals surface area contributed by atoms with Crippen LogP contribution in [0.3, 0.4) is 0 Å². The maximum atomic E-state index is 5.39. The van der Waals surface area contributed by atoms with E-state index in [9.17, 15) is 0 Å². The standard InChI is InChI=1S/C15H15N3O2S/c1-19-13-4-3-10(7-14(13)20-2)9-18-12-5-6-16-8-11(12)17-15(18)21/h3-8H,9H2,1-2H3,(H,17,21). The van der Waals surface area contributed by atoms with E-state index in [0.29, 0.717) is 22.8 Å². The summed E-state index contributed by atoms with van der Waals surface area (Å²) in [5.74, 6) is 1.43. The lowest BCUT2D eigenvalue weighted by atomic mass is 10.2. The van der Waals surface area contributed by atoms with Crippen molar-refractivity contribution in [3.05, 3.63) is 47.0 Å². The molecule has 0 saturated carbocycles. The molecule has 0 fully saturated rings. The molecule has 0 spiro atoms. The number of hydrogen-bond acceptors (Lipinski definition) is 4. The zero-order valence-electron chi connectivity index (χ0n) is 11.8. The molecule has 6 heteroatoms. The van der Waals surface area contributed by atoms with Crippen molar-refractivity contribution in [3.63, 3.8) is 0 Å². The second kappa shape index (κ2) is 5.57. The summed E-state index contributed by atoms with van der Waals surface area (Å²) < 4.78 is 13.3. The number of H-pyrrole nitrogens is 1. The zero-order valence-corrected chi connectivity index (χ0v) is 12.6. The lowest BCUT2D eigenvalue weighted by Crippen LogP contribution is -2.00. The summed E-state index contributed by atoms with van der Waals surface area (Å²) in [4.78, 5) is 7.25. The molecule has 3 aromatic rings. The Bertz CT molecular complexity index is 838. The third-order valence-corrected chi connectivity index (χ3v) is 3.69. The van der Waals surface area contributed by atoms with E-state index in [4.69, 9.17) is 21.7 Å². The fourth-order valence-corrected chi connectivity index (χ4v) is 2.60. The highest BCUT2D eigenvalue weighted by Gasteiger charge is 2.08. The van der Waals surface area contributed by atoms with Gasteiger partial charge in [0.2, 0.25) is 0 Å². The summed E-state index contributed by atoms with van der Waals surface area (Å²) >= 11 is 5.39. The molecule has 1 N–H and O–H groups in total. The molecule has 0 amide bonds. The Hall–Kier alpha value is -2.34. The molecule has 108 valence electrons. The smallest absolute Gasteiger partial charge is 0.178 e. The normalized spacial score (nSPS) is 10.8. The predicted octanol–water partition coefficient (Wildman–Crippen LogP) is 3.16. The van der Waals surface area contributed by atoms with Gasteiger partial charge in [0.1, 0.15) is 0 Å². The van der Waals surface area contributed by atoms with Gasteiger partial charge in [0.15, 0.2) is 16.3 Å². The number of benzene rings is 1. The van der Waals surface area contributed by atoms with E-state index in [1.54, 1.807) is 26.6 Å². The molecule has 0 radical (unpaired) electrons. The Morgan fingerprint density at radius 1 is 1.19 bits per heavy atom. The van der Waals surface area contributed by atoms with Gasteiger partial charge in [-0.3, -0.25) is 4.98 Å². The van der Waals surface area contributed by atoms with E-state index in [1.807, 2.05) is 28.8 Å². The van der Waals surface area contributed by atoms with Gasteiger partial charge in [0.25, 0.3) is 0 Å². The number of hydrogen-bond donors (Lipinski definition) is 1. The van der Waals surface area contributed by atoms with Gasteiger partial charge in [-0.1, -0.05) is 6.07 Å². The summed E-state index contributed by atoms with van der Waals surface area (Å²) in [5.41, 5.74) is 3.05. The van der Waals surface area contributed by atoms with Crippen LogP contribution in [0.4, 0.5) is 0 Å². The molecule has 0 bridgehead atoms. The largest absolute Gasteiger partial charge is 0.493 e. The number of fused-ring (bicyclic) bond motifs is 1. The highest BCUT2D eigenvalue weighted by atomic mass is 32.1. The third kappa shape index (κ3) is 2.50. The summed E-state index contributed by atoms with van der Waals surface area (Å²) in [6, 6.07) is 7.81. The molecule has 0 atom stereocenters. The molecule has 3 rings (SSSR count). The number of nitrogens with zero attached hydrogens (tertiary/aromatic N) is 2. The number of pyridine rings is 1. The van der Waals surface area contributed by atoms with Crippen LogP contribution >= 0.6 is 12.2 Å². The van der Waals surface area contributed by atoms with Crippen LogP contribution in [0.25, 0.3) is 11.0 Å². The Labute approximate surface area is 127 Å². The summed E-state index contributed by atoms with van der Waals surface area (Å²) in [7, 11) is 3.25. The Kier molecular flexibility index (Phi) is 3.62. The average molecular weight is 301 g/mol. The van der Waals surface area contributed by atoms with Gasteiger partial charge in [-0.2, -0.15) is 0 Å². The van der Waals surface area contributed by atoms with Crippen molar-refractivity contribution in [2.45, 2.75) is 6.54 Å². The van der Waals surface area contributed by atoms with E-state index in [2.05, 4.69) is 9.97 Å². The fourth-order valence-electron chi connectivity index (χ4n) is 2.33. The molecule has 0 aliphatic rings. The fraction of sp³-hybridized carbons (Fsp3) is 0.200. The number of methoxy groups -OCH3 is 2. The van der Waals surface area contributed by atoms with Crippen molar-refractivity contribution in [2.75, 3.05) is 14.2 Å². The molecule has 0 unspecified atom stereocenters. The average Bonchev–Trinajstić information content (AvgIpc) is 2.83. The third-order valence-electron chi connectivity index (χ3n) is 3.36. The first-order valence-electron chi connectivity index (χ1n) is 6.46. The van der Waals surface area contributed by atoms with E-state index in [-0.39, 0.29) is 0 Å². The van der Waals surface area contributed by atoms with Crippen LogP contribution in [0.2, 0.25) is 0 Å². The minimum atomic E-state index is 0.656. The molecule has 21 heavy (non-hydrogen) atoms. The second-order valence-corrected chi connectivity index (χ2v) is 4.99. The number of aromatic nitrogens is 3. The van der Waals surface area contributed by atoms with Gasteiger partial charge in [-0.25, -0.2) is 0 Å². The van der Waals surface area contributed by atoms with Gasteiger partial charge in [-0.05, 0) is 36.0 Å². The molecule has 0 aliphatic heterocycles. The van der Waals surface area contributed by atoms with Crippen molar-refractivity contribution in [1.82, 2.24) is 14.5 Å². The number of nitrogens with one attached hydrogen (secondary N) is 1. The number of aromatic amines is 1. The van der Waals surface area contributed by atoms with Crippen LogP contribution in [-0.2, 0) is 6.54 Å². The maximum Gasteiger partial charge on any atom is 0.178 e. The lowest BCUT2D eigenvalue weighted by molar-refractivity contribution is 0.354. The number of rotatable bonds is 4. The minimum Gasteiger partial charge on any atom is -0.493 e. The van der Waals surface area contributed by atoms with Gasteiger partial charge in [0, 0.05) is 6.20 Å². The van der Waals surface area contributed by atoms with Crippen LogP contribution in [0.15, 0.2) is 36.7 Å². The Morgan fingerprint density at radius 3 is 2.76 bits per heavy atom. The monoisotopic (exact) mass is 301 g/mol. The maximum absolute atomic E-state index is 5.39. The quantitative estimate of drug-likeness (QED) is 0.752.